The minimum Gasteiger partial charge on any atom is -0.298 e. The van der Waals surface area contributed by atoms with Crippen molar-refractivity contribution in [1.82, 2.24) is 4.98 Å². The lowest BCUT2D eigenvalue weighted by Crippen LogP contribution is -2.15. The van der Waals surface area contributed by atoms with Crippen LogP contribution in [0.5, 0.6) is 0 Å². The SMILES string of the molecule is O=C(Nc1nc2ccc3ccccc3c2s1)c1cccc(NS(=O)(=O)c2ccccc2)c1. The highest BCUT2D eigenvalue weighted by molar-refractivity contribution is 7.92. The Bertz CT molecular complexity index is 1560. The summed E-state index contributed by atoms with van der Waals surface area (Å²) in [6.07, 6.45) is 0. The quantitative estimate of drug-likeness (QED) is 0.363. The summed E-state index contributed by atoms with van der Waals surface area (Å²) >= 11 is 1.41. The summed E-state index contributed by atoms with van der Waals surface area (Å²) < 4.78 is 28.6. The fraction of sp³-hybridized carbons (Fsp3) is 0. The van der Waals surface area contributed by atoms with Crippen molar-refractivity contribution in [3.63, 3.8) is 0 Å². The highest BCUT2D eigenvalue weighted by Crippen LogP contribution is 2.32. The molecule has 5 rings (SSSR count). The van der Waals surface area contributed by atoms with Gasteiger partial charge in [0.05, 0.1) is 15.1 Å². The Hall–Kier alpha value is -3.75. The Morgan fingerprint density at radius 2 is 1.62 bits per heavy atom. The number of benzene rings is 4. The van der Waals surface area contributed by atoms with Gasteiger partial charge in [-0.3, -0.25) is 14.8 Å². The van der Waals surface area contributed by atoms with Gasteiger partial charge in [-0.05, 0) is 41.8 Å². The van der Waals surface area contributed by atoms with E-state index in [0.29, 0.717) is 16.4 Å². The number of carbonyl (C=O) groups is 1. The number of amides is 1. The maximum atomic E-state index is 12.8. The fourth-order valence-electron chi connectivity index (χ4n) is 3.42. The summed E-state index contributed by atoms with van der Waals surface area (Å²) in [4.78, 5) is 17.5. The molecule has 1 aromatic heterocycles. The Kier molecular flexibility index (Phi) is 5.08. The molecule has 8 heteroatoms. The molecule has 2 N–H and O–H groups in total. The van der Waals surface area contributed by atoms with Crippen molar-refractivity contribution < 1.29 is 13.2 Å². The van der Waals surface area contributed by atoms with Crippen molar-refractivity contribution in [2.24, 2.45) is 0 Å². The van der Waals surface area contributed by atoms with Gasteiger partial charge < -0.3 is 0 Å². The lowest BCUT2D eigenvalue weighted by molar-refractivity contribution is 0.102. The molecule has 0 aliphatic rings. The number of hydrogen-bond acceptors (Lipinski definition) is 5. The van der Waals surface area contributed by atoms with E-state index in [1.54, 1.807) is 36.4 Å². The summed E-state index contributed by atoms with van der Waals surface area (Å²) in [5, 5.41) is 5.50. The molecule has 32 heavy (non-hydrogen) atoms. The Balaban J connectivity index is 1.39. The van der Waals surface area contributed by atoms with Crippen molar-refractivity contribution >= 4 is 59.1 Å². The molecule has 1 heterocycles. The zero-order valence-corrected chi connectivity index (χ0v) is 18.3. The van der Waals surface area contributed by atoms with E-state index in [0.717, 1.165) is 21.0 Å². The van der Waals surface area contributed by atoms with Gasteiger partial charge in [-0.1, -0.05) is 65.9 Å². The van der Waals surface area contributed by atoms with Gasteiger partial charge in [0.2, 0.25) is 0 Å². The first kappa shape index (κ1) is 20.2. The summed E-state index contributed by atoms with van der Waals surface area (Å²) in [5.41, 5.74) is 1.44. The molecule has 0 bridgehead atoms. The number of carbonyl (C=O) groups excluding carboxylic acids is 1. The molecule has 0 saturated heterocycles. The second kappa shape index (κ2) is 8.07. The largest absolute Gasteiger partial charge is 0.298 e. The van der Waals surface area contributed by atoms with E-state index in [9.17, 15) is 13.2 Å². The van der Waals surface area contributed by atoms with Gasteiger partial charge in [0.1, 0.15) is 0 Å². The molecule has 0 saturated carbocycles. The number of hydrogen-bond donors (Lipinski definition) is 2. The first-order valence-corrected chi connectivity index (χ1v) is 12.1. The molecular formula is C24H17N3O3S2. The minimum absolute atomic E-state index is 0.150. The van der Waals surface area contributed by atoms with Gasteiger partial charge in [-0.2, -0.15) is 0 Å². The minimum atomic E-state index is -3.74. The van der Waals surface area contributed by atoms with Crippen molar-refractivity contribution in [2.75, 3.05) is 10.0 Å². The molecule has 6 nitrogen and oxygen atoms in total. The standard InChI is InChI=1S/C24H17N3O3S2/c28-23(26-24-25-21-14-13-16-7-4-5-12-20(16)22(21)31-24)17-8-6-9-18(15-17)27-32(29,30)19-10-2-1-3-11-19/h1-15,27H,(H,25,26,28). The van der Waals surface area contributed by atoms with Gasteiger partial charge >= 0.3 is 0 Å². The number of rotatable bonds is 5. The normalized spacial score (nSPS) is 11.5. The van der Waals surface area contributed by atoms with Gasteiger partial charge in [-0.15, -0.1) is 0 Å². The predicted octanol–water partition coefficient (Wildman–Crippen LogP) is 5.50. The Morgan fingerprint density at radius 3 is 2.47 bits per heavy atom. The fourth-order valence-corrected chi connectivity index (χ4v) is 5.48. The van der Waals surface area contributed by atoms with Crippen LogP contribution in [0.25, 0.3) is 21.0 Å². The number of sulfonamides is 1. The Morgan fingerprint density at radius 1 is 0.844 bits per heavy atom. The molecule has 158 valence electrons. The molecule has 0 radical (unpaired) electrons. The molecule has 4 aromatic carbocycles. The number of fused-ring (bicyclic) bond motifs is 3. The molecular weight excluding hydrogens is 442 g/mol. The molecule has 0 aliphatic heterocycles. The van der Waals surface area contributed by atoms with Gasteiger partial charge in [0.25, 0.3) is 15.9 Å². The van der Waals surface area contributed by atoms with Gasteiger partial charge in [-0.25, -0.2) is 13.4 Å². The molecule has 5 aromatic rings. The lowest BCUT2D eigenvalue weighted by atomic mass is 10.1. The lowest BCUT2D eigenvalue weighted by Gasteiger charge is -2.09. The third kappa shape index (κ3) is 3.93. The highest BCUT2D eigenvalue weighted by atomic mass is 32.2. The smallest absolute Gasteiger partial charge is 0.261 e. The van der Waals surface area contributed by atoms with E-state index >= 15 is 0 Å². The number of nitrogens with zero attached hydrogens (tertiary/aromatic N) is 1. The van der Waals surface area contributed by atoms with Crippen molar-refractivity contribution in [1.29, 1.82) is 0 Å². The summed E-state index contributed by atoms with van der Waals surface area (Å²) in [5.74, 6) is -0.367. The van der Waals surface area contributed by atoms with E-state index in [-0.39, 0.29) is 10.8 Å². The van der Waals surface area contributed by atoms with Crippen LogP contribution < -0.4 is 10.0 Å². The van der Waals surface area contributed by atoms with E-state index in [2.05, 4.69) is 15.0 Å². The number of aromatic nitrogens is 1. The van der Waals surface area contributed by atoms with Crippen LogP contribution in [0.15, 0.2) is 95.9 Å². The molecule has 0 fully saturated rings. The van der Waals surface area contributed by atoms with Crippen LogP contribution in [0.1, 0.15) is 10.4 Å². The molecule has 0 aliphatic carbocycles. The zero-order chi connectivity index (χ0) is 22.1. The van der Waals surface area contributed by atoms with E-state index in [4.69, 9.17) is 0 Å². The first-order valence-electron chi connectivity index (χ1n) is 9.77. The Labute approximate surface area is 188 Å². The monoisotopic (exact) mass is 459 g/mol. The average Bonchev–Trinajstić information content (AvgIpc) is 3.22. The van der Waals surface area contributed by atoms with E-state index in [1.807, 2.05) is 36.4 Å². The van der Waals surface area contributed by atoms with E-state index in [1.165, 1.54) is 29.5 Å². The maximum absolute atomic E-state index is 12.8. The molecule has 0 atom stereocenters. The van der Waals surface area contributed by atoms with Crippen molar-refractivity contribution in [3.05, 3.63) is 96.6 Å². The summed E-state index contributed by atoms with van der Waals surface area (Å²) in [6, 6.07) is 26.4. The van der Waals surface area contributed by atoms with Crippen LogP contribution in [0, 0.1) is 0 Å². The molecule has 1 amide bonds. The second-order valence-electron chi connectivity index (χ2n) is 7.11. The second-order valence-corrected chi connectivity index (χ2v) is 9.79. The number of anilines is 2. The predicted molar refractivity (Wildman–Crippen MR) is 129 cm³/mol. The van der Waals surface area contributed by atoms with Crippen LogP contribution in [-0.2, 0) is 10.0 Å². The highest BCUT2D eigenvalue weighted by Gasteiger charge is 2.16. The maximum Gasteiger partial charge on any atom is 0.261 e. The number of nitrogens with one attached hydrogen (secondary N) is 2. The molecule has 0 spiro atoms. The number of thiazole rings is 1. The van der Waals surface area contributed by atoms with Crippen LogP contribution in [0.2, 0.25) is 0 Å². The van der Waals surface area contributed by atoms with Gasteiger partial charge in [0, 0.05) is 16.6 Å². The third-order valence-electron chi connectivity index (χ3n) is 4.93. The van der Waals surface area contributed by atoms with Crippen LogP contribution >= 0.6 is 11.3 Å². The molecule has 0 unspecified atom stereocenters. The topological polar surface area (TPSA) is 88.2 Å². The third-order valence-corrected chi connectivity index (χ3v) is 7.35. The average molecular weight is 460 g/mol. The van der Waals surface area contributed by atoms with Crippen LogP contribution in [-0.4, -0.2) is 19.3 Å². The first-order chi connectivity index (χ1) is 15.5. The van der Waals surface area contributed by atoms with Crippen molar-refractivity contribution in [2.45, 2.75) is 4.90 Å². The van der Waals surface area contributed by atoms with Crippen LogP contribution in [0.4, 0.5) is 10.8 Å². The summed E-state index contributed by atoms with van der Waals surface area (Å²) in [7, 11) is -3.74. The zero-order valence-electron chi connectivity index (χ0n) is 16.6. The summed E-state index contributed by atoms with van der Waals surface area (Å²) in [6.45, 7) is 0. The van der Waals surface area contributed by atoms with E-state index < -0.39 is 10.0 Å². The van der Waals surface area contributed by atoms with Gasteiger partial charge in [0.15, 0.2) is 5.13 Å². The van der Waals surface area contributed by atoms with Crippen LogP contribution in [0.3, 0.4) is 0 Å². The van der Waals surface area contributed by atoms with Crippen molar-refractivity contribution in [3.8, 4) is 0 Å².